The first-order chi connectivity index (χ1) is 11.7. The molecule has 0 saturated heterocycles. The number of rotatable bonds is 5. The van der Waals surface area contributed by atoms with E-state index in [9.17, 15) is 0 Å². The molecule has 0 fully saturated rings. The van der Waals surface area contributed by atoms with E-state index < -0.39 is 0 Å². The largest absolute Gasteiger partial charge is 0.334 e. The second kappa shape index (κ2) is 7.26. The van der Waals surface area contributed by atoms with Crippen molar-refractivity contribution in [3.05, 3.63) is 70.5 Å². The molecule has 6 heteroatoms. The quantitative estimate of drug-likeness (QED) is 0.757. The molecule has 1 N–H and O–H groups in total. The van der Waals surface area contributed by atoms with Crippen molar-refractivity contribution in [2.75, 3.05) is 0 Å². The van der Waals surface area contributed by atoms with Crippen LogP contribution in [0, 0.1) is 11.3 Å². The maximum absolute atomic E-state index is 8.81. The van der Waals surface area contributed by atoms with Crippen LogP contribution in [0.1, 0.15) is 29.9 Å². The Morgan fingerprint density at radius 1 is 1.17 bits per heavy atom. The molecule has 2 aromatic carbocycles. The van der Waals surface area contributed by atoms with E-state index >= 15 is 0 Å². The summed E-state index contributed by atoms with van der Waals surface area (Å²) >= 11 is 5.88. The van der Waals surface area contributed by atoms with E-state index in [1.54, 1.807) is 24.3 Å². The van der Waals surface area contributed by atoms with Crippen LogP contribution in [0.25, 0.3) is 11.5 Å². The molecule has 0 amide bonds. The summed E-state index contributed by atoms with van der Waals surface area (Å²) in [6.07, 6.45) is 0. The van der Waals surface area contributed by atoms with Gasteiger partial charge in [0.1, 0.15) is 0 Å². The minimum atomic E-state index is -0.0644. The maximum atomic E-state index is 8.81. The number of halogens is 1. The third-order valence-electron chi connectivity index (χ3n) is 3.62. The Morgan fingerprint density at radius 2 is 1.88 bits per heavy atom. The highest BCUT2D eigenvalue weighted by Crippen LogP contribution is 2.21. The van der Waals surface area contributed by atoms with Gasteiger partial charge >= 0.3 is 0 Å². The van der Waals surface area contributed by atoms with Crippen LogP contribution in [0.5, 0.6) is 0 Å². The minimum Gasteiger partial charge on any atom is -0.334 e. The lowest BCUT2D eigenvalue weighted by Crippen LogP contribution is -2.19. The van der Waals surface area contributed by atoms with E-state index in [0.717, 1.165) is 11.1 Å². The van der Waals surface area contributed by atoms with E-state index in [2.05, 4.69) is 21.5 Å². The van der Waals surface area contributed by atoms with Gasteiger partial charge in [0.15, 0.2) is 5.82 Å². The molecule has 24 heavy (non-hydrogen) atoms. The molecule has 0 saturated carbocycles. The highest BCUT2D eigenvalue weighted by Gasteiger charge is 2.14. The minimum absolute atomic E-state index is 0.0644. The van der Waals surface area contributed by atoms with Crippen molar-refractivity contribution in [1.82, 2.24) is 15.5 Å². The molecule has 120 valence electrons. The number of nitriles is 1. The summed E-state index contributed by atoms with van der Waals surface area (Å²) in [6, 6.07) is 16.7. The predicted molar refractivity (Wildman–Crippen MR) is 91.2 cm³/mol. The van der Waals surface area contributed by atoms with E-state index in [0.29, 0.717) is 28.8 Å². The van der Waals surface area contributed by atoms with Crippen LogP contribution in [0.4, 0.5) is 0 Å². The fourth-order valence-electron chi connectivity index (χ4n) is 2.18. The zero-order valence-electron chi connectivity index (χ0n) is 13.0. The fraction of sp³-hybridized carbons (Fsp3) is 0.167. The maximum Gasteiger partial charge on any atom is 0.257 e. The highest BCUT2D eigenvalue weighted by molar-refractivity contribution is 6.30. The Morgan fingerprint density at radius 3 is 2.54 bits per heavy atom. The van der Waals surface area contributed by atoms with Crippen molar-refractivity contribution < 1.29 is 4.52 Å². The highest BCUT2D eigenvalue weighted by atomic mass is 35.5. The molecule has 1 aromatic heterocycles. The summed E-state index contributed by atoms with van der Waals surface area (Å²) in [4.78, 5) is 4.42. The molecule has 1 atom stereocenters. The first-order valence-electron chi connectivity index (χ1n) is 7.47. The Hall–Kier alpha value is -2.68. The van der Waals surface area contributed by atoms with E-state index in [1.807, 2.05) is 31.2 Å². The molecular weight excluding hydrogens is 324 g/mol. The molecule has 3 rings (SSSR count). The van der Waals surface area contributed by atoms with Crippen molar-refractivity contribution in [1.29, 1.82) is 5.26 Å². The van der Waals surface area contributed by atoms with Gasteiger partial charge in [-0.15, -0.1) is 0 Å². The molecular formula is C18H15ClN4O. The molecule has 3 aromatic rings. The summed E-state index contributed by atoms with van der Waals surface area (Å²) in [7, 11) is 0. The standard InChI is InChI=1S/C18H15ClN4O/c1-12(21-11-14-4-2-13(10-20)3-5-14)17-22-18(24-23-17)15-6-8-16(19)9-7-15/h2-9,12,21H,11H2,1H3/t12-/m0/s1. The van der Waals surface area contributed by atoms with Gasteiger partial charge in [0, 0.05) is 17.1 Å². The molecule has 1 heterocycles. The Balaban J connectivity index is 1.64. The van der Waals surface area contributed by atoms with Crippen molar-refractivity contribution in [2.45, 2.75) is 19.5 Å². The van der Waals surface area contributed by atoms with E-state index in [-0.39, 0.29) is 6.04 Å². The van der Waals surface area contributed by atoms with Crippen LogP contribution in [0.3, 0.4) is 0 Å². The van der Waals surface area contributed by atoms with Gasteiger partial charge in [-0.25, -0.2) is 0 Å². The number of benzene rings is 2. The first kappa shape index (κ1) is 16.2. The van der Waals surface area contributed by atoms with Crippen molar-refractivity contribution >= 4 is 11.6 Å². The van der Waals surface area contributed by atoms with Crippen LogP contribution in [-0.2, 0) is 6.54 Å². The van der Waals surface area contributed by atoms with Gasteiger partial charge in [0.25, 0.3) is 5.89 Å². The van der Waals surface area contributed by atoms with Crippen molar-refractivity contribution in [2.24, 2.45) is 0 Å². The Labute approximate surface area is 144 Å². The molecule has 0 unspecified atom stereocenters. The molecule has 0 aliphatic rings. The topological polar surface area (TPSA) is 74.7 Å². The SMILES string of the molecule is C[C@H](NCc1ccc(C#N)cc1)c1noc(-c2ccc(Cl)cc2)n1. The zero-order chi connectivity index (χ0) is 16.9. The lowest BCUT2D eigenvalue weighted by molar-refractivity contribution is 0.409. The van der Waals surface area contributed by atoms with Crippen LogP contribution in [-0.4, -0.2) is 10.1 Å². The van der Waals surface area contributed by atoms with Gasteiger partial charge in [-0.3, -0.25) is 0 Å². The molecule has 0 radical (unpaired) electrons. The van der Waals surface area contributed by atoms with Gasteiger partial charge in [-0.2, -0.15) is 10.2 Å². The number of nitrogens with zero attached hydrogens (tertiary/aromatic N) is 3. The summed E-state index contributed by atoms with van der Waals surface area (Å²) in [5.41, 5.74) is 2.57. The smallest absolute Gasteiger partial charge is 0.257 e. The van der Waals surface area contributed by atoms with Gasteiger partial charge in [0.05, 0.1) is 17.7 Å². The molecule has 0 bridgehead atoms. The number of nitrogens with one attached hydrogen (secondary N) is 1. The fourth-order valence-corrected chi connectivity index (χ4v) is 2.31. The molecule has 5 nitrogen and oxygen atoms in total. The van der Waals surface area contributed by atoms with Crippen LogP contribution < -0.4 is 5.32 Å². The lowest BCUT2D eigenvalue weighted by Gasteiger charge is -2.09. The number of hydrogen-bond acceptors (Lipinski definition) is 5. The third kappa shape index (κ3) is 3.80. The summed E-state index contributed by atoms with van der Waals surface area (Å²) in [5.74, 6) is 1.06. The van der Waals surface area contributed by atoms with Crippen LogP contribution in [0.2, 0.25) is 5.02 Å². The monoisotopic (exact) mass is 338 g/mol. The molecule has 0 aliphatic heterocycles. The number of hydrogen-bond donors (Lipinski definition) is 1. The van der Waals surface area contributed by atoms with Crippen LogP contribution >= 0.6 is 11.6 Å². The zero-order valence-corrected chi connectivity index (χ0v) is 13.8. The van der Waals surface area contributed by atoms with Gasteiger partial charge < -0.3 is 9.84 Å². The summed E-state index contributed by atoms with van der Waals surface area (Å²) in [6.45, 7) is 2.62. The molecule has 0 spiro atoms. The average molecular weight is 339 g/mol. The first-order valence-corrected chi connectivity index (χ1v) is 7.85. The Kier molecular flexibility index (Phi) is 4.90. The van der Waals surface area contributed by atoms with Gasteiger partial charge in [-0.05, 0) is 48.9 Å². The van der Waals surface area contributed by atoms with Crippen molar-refractivity contribution in [3.8, 4) is 17.5 Å². The average Bonchev–Trinajstić information content (AvgIpc) is 3.11. The summed E-state index contributed by atoms with van der Waals surface area (Å²) < 4.78 is 5.31. The van der Waals surface area contributed by atoms with Crippen LogP contribution in [0.15, 0.2) is 53.1 Å². The number of aromatic nitrogens is 2. The predicted octanol–water partition coefficient (Wildman–Crippen LogP) is 4.11. The molecule has 0 aliphatic carbocycles. The normalized spacial score (nSPS) is 11.9. The second-order valence-corrected chi connectivity index (χ2v) is 5.81. The van der Waals surface area contributed by atoms with Gasteiger partial charge in [0.2, 0.25) is 0 Å². The van der Waals surface area contributed by atoms with Gasteiger partial charge in [-0.1, -0.05) is 28.9 Å². The van der Waals surface area contributed by atoms with E-state index in [4.69, 9.17) is 21.4 Å². The van der Waals surface area contributed by atoms with Crippen molar-refractivity contribution in [3.63, 3.8) is 0 Å². The summed E-state index contributed by atoms with van der Waals surface area (Å²) in [5, 5.41) is 16.8. The lowest BCUT2D eigenvalue weighted by atomic mass is 10.1. The Bertz CT molecular complexity index is 850. The third-order valence-corrected chi connectivity index (χ3v) is 3.87. The van der Waals surface area contributed by atoms with E-state index in [1.165, 1.54) is 0 Å². The second-order valence-electron chi connectivity index (χ2n) is 5.38.